The normalized spacial score (nSPS) is 16.8. The largest absolute Gasteiger partial charge is 0.465 e. The van der Waals surface area contributed by atoms with Crippen LogP contribution >= 0.6 is 0 Å². The second-order valence-electron chi connectivity index (χ2n) is 4.08. The number of nitrogens with one attached hydrogen (secondary N) is 2. The Morgan fingerprint density at radius 1 is 1.38 bits per heavy atom. The van der Waals surface area contributed by atoms with E-state index >= 15 is 0 Å². The van der Waals surface area contributed by atoms with Crippen LogP contribution in [0.1, 0.15) is 15.9 Å². The van der Waals surface area contributed by atoms with Crippen LogP contribution in [-0.2, 0) is 14.3 Å². The highest BCUT2D eigenvalue weighted by atomic mass is 16.5. The average Bonchev–Trinajstić information content (AvgIpc) is 2.93. The van der Waals surface area contributed by atoms with E-state index in [-0.39, 0.29) is 0 Å². The summed E-state index contributed by atoms with van der Waals surface area (Å²) in [4.78, 5) is 34.0. The number of rotatable bonds is 4. The average molecular weight is 288 g/mol. The molecule has 1 aliphatic rings. The molecule has 2 N–H and O–H groups in total. The fourth-order valence-corrected chi connectivity index (χ4v) is 1.56. The Kier molecular flexibility index (Phi) is 4.39. The van der Waals surface area contributed by atoms with Crippen molar-refractivity contribution in [1.82, 2.24) is 10.9 Å². The zero-order valence-corrected chi connectivity index (χ0v) is 11.1. The first-order valence-electron chi connectivity index (χ1n) is 5.96. The van der Waals surface area contributed by atoms with Crippen LogP contribution in [0.15, 0.2) is 34.5 Å². The summed E-state index contributed by atoms with van der Waals surface area (Å²) in [6, 6.07) is 6.44. The summed E-state index contributed by atoms with van der Waals surface area (Å²) in [6.45, 7) is 0. The molecule has 1 atom stereocenters. The molecule has 0 bridgehead atoms. The molecule has 108 valence electrons. The summed E-state index contributed by atoms with van der Waals surface area (Å²) in [6.07, 6.45) is 2.60. The van der Waals surface area contributed by atoms with Gasteiger partial charge in [-0.05, 0) is 17.7 Å². The van der Waals surface area contributed by atoms with E-state index < -0.39 is 23.7 Å². The topological polar surface area (TPSA) is 109 Å². The standard InChI is InChI=1S/C13H12N4O4/c1-21-13(20)9-4-2-8(3-5-9)6-14-16-11(18)10-7-15-17-12(10)19/h2-7,10H,1H3,(H,16,18)(H,17,19). The lowest BCUT2D eigenvalue weighted by molar-refractivity contribution is -0.131. The minimum Gasteiger partial charge on any atom is -0.465 e. The van der Waals surface area contributed by atoms with E-state index in [2.05, 4.69) is 25.8 Å². The maximum Gasteiger partial charge on any atom is 0.337 e. The van der Waals surface area contributed by atoms with E-state index in [1.54, 1.807) is 24.3 Å². The van der Waals surface area contributed by atoms with Crippen molar-refractivity contribution in [1.29, 1.82) is 0 Å². The highest BCUT2D eigenvalue weighted by molar-refractivity contribution is 6.15. The molecule has 1 aromatic carbocycles. The summed E-state index contributed by atoms with van der Waals surface area (Å²) < 4.78 is 4.58. The SMILES string of the molecule is COC(=O)c1ccc(C=NNC(=O)C2C=NNC2=O)cc1. The van der Waals surface area contributed by atoms with Crippen molar-refractivity contribution in [3.05, 3.63) is 35.4 Å². The number of carbonyl (C=O) groups excluding carboxylic acids is 3. The van der Waals surface area contributed by atoms with Gasteiger partial charge in [0.05, 0.1) is 18.9 Å². The van der Waals surface area contributed by atoms with Crippen LogP contribution < -0.4 is 10.9 Å². The van der Waals surface area contributed by atoms with Crippen molar-refractivity contribution in [2.75, 3.05) is 7.11 Å². The van der Waals surface area contributed by atoms with E-state index in [1.807, 2.05) is 0 Å². The highest BCUT2D eigenvalue weighted by Crippen LogP contribution is 2.04. The number of nitrogens with zero attached hydrogens (tertiary/aromatic N) is 2. The fourth-order valence-electron chi connectivity index (χ4n) is 1.56. The second-order valence-corrected chi connectivity index (χ2v) is 4.08. The number of esters is 1. The number of carbonyl (C=O) groups is 3. The van der Waals surface area contributed by atoms with Crippen molar-refractivity contribution in [3.63, 3.8) is 0 Å². The quantitative estimate of drug-likeness (QED) is 0.342. The van der Waals surface area contributed by atoms with Gasteiger partial charge in [-0.1, -0.05) is 12.1 Å². The Bertz CT molecular complexity index is 622. The zero-order chi connectivity index (χ0) is 15.2. The maximum absolute atomic E-state index is 11.6. The molecule has 1 unspecified atom stereocenters. The third-order valence-corrected chi connectivity index (χ3v) is 2.68. The highest BCUT2D eigenvalue weighted by Gasteiger charge is 2.28. The van der Waals surface area contributed by atoms with Gasteiger partial charge in [-0.3, -0.25) is 9.59 Å². The lowest BCUT2D eigenvalue weighted by Gasteiger charge is -2.02. The van der Waals surface area contributed by atoms with Gasteiger partial charge in [-0.2, -0.15) is 10.2 Å². The Hall–Kier alpha value is -3.03. The fraction of sp³-hybridized carbons (Fsp3) is 0.154. The number of hydrogen-bond acceptors (Lipinski definition) is 6. The monoisotopic (exact) mass is 288 g/mol. The molecule has 0 saturated carbocycles. The molecule has 0 aromatic heterocycles. The van der Waals surface area contributed by atoms with E-state index in [9.17, 15) is 14.4 Å². The van der Waals surface area contributed by atoms with Crippen LogP contribution in [0.3, 0.4) is 0 Å². The van der Waals surface area contributed by atoms with Gasteiger partial charge >= 0.3 is 5.97 Å². The van der Waals surface area contributed by atoms with Crippen molar-refractivity contribution in [3.8, 4) is 0 Å². The summed E-state index contributed by atoms with van der Waals surface area (Å²) in [5.74, 6) is -2.47. The van der Waals surface area contributed by atoms with E-state index in [0.29, 0.717) is 11.1 Å². The lowest BCUT2D eigenvalue weighted by Crippen LogP contribution is -2.34. The smallest absolute Gasteiger partial charge is 0.337 e. The predicted octanol–water partition coefficient (Wildman–Crippen LogP) is -0.345. The molecule has 0 aliphatic carbocycles. The lowest BCUT2D eigenvalue weighted by atomic mass is 10.1. The molecule has 21 heavy (non-hydrogen) atoms. The minimum absolute atomic E-state index is 0.414. The molecule has 8 heteroatoms. The molecule has 8 nitrogen and oxygen atoms in total. The summed E-state index contributed by atoms with van der Waals surface area (Å²) in [5.41, 5.74) is 5.48. The molecule has 1 aliphatic heterocycles. The number of hydrazone groups is 2. The Balaban J connectivity index is 1.92. The van der Waals surface area contributed by atoms with Crippen LogP contribution in [0, 0.1) is 5.92 Å². The molecule has 2 amide bonds. The van der Waals surface area contributed by atoms with Crippen molar-refractivity contribution < 1.29 is 19.1 Å². The van der Waals surface area contributed by atoms with Crippen LogP contribution in [0.4, 0.5) is 0 Å². The predicted molar refractivity (Wildman–Crippen MR) is 73.6 cm³/mol. The Labute approximate surface area is 119 Å². The van der Waals surface area contributed by atoms with Gasteiger partial charge in [-0.15, -0.1) is 0 Å². The Morgan fingerprint density at radius 3 is 2.67 bits per heavy atom. The number of ether oxygens (including phenoxy) is 1. The van der Waals surface area contributed by atoms with Gasteiger partial charge in [0.15, 0.2) is 5.92 Å². The number of hydrogen-bond donors (Lipinski definition) is 2. The maximum atomic E-state index is 11.6. The summed E-state index contributed by atoms with van der Waals surface area (Å²) in [7, 11) is 1.30. The molecule has 1 heterocycles. The Morgan fingerprint density at radius 2 is 2.10 bits per heavy atom. The van der Waals surface area contributed by atoms with Gasteiger partial charge in [-0.25, -0.2) is 15.6 Å². The molecule has 2 rings (SSSR count). The van der Waals surface area contributed by atoms with Gasteiger partial charge in [0.1, 0.15) is 0 Å². The summed E-state index contributed by atoms with van der Waals surface area (Å²) >= 11 is 0. The van der Waals surface area contributed by atoms with Crippen LogP contribution in [0.5, 0.6) is 0 Å². The minimum atomic E-state index is -0.969. The molecule has 0 saturated heterocycles. The van der Waals surface area contributed by atoms with Crippen molar-refractivity contribution >= 4 is 30.2 Å². The van der Waals surface area contributed by atoms with Gasteiger partial charge in [0.2, 0.25) is 0 Å². The second kappa shape index (κ2) is 6.42. The number of benzene rings is 1. The first-order valence-corrected chi connectivity index (χ1v) is 5.96. The van der Waals surface area contributed by atoms with Crippen molar-refractivity contribution in [2.45, 2.75) is 0 Å². The van der Waals surface area contributed by atoms with Crippen LogP contribution in [-0.4, -0.2) is 37.3 Å². The van der Waals surface area contributed by atoms with Gasteiger partial charge < -0.3 is 4.74 Å². The number of methoxy groups -OCH3 is 1. The summed E-state index contributed by atoms with van der Waals surface area (Å²) in [5, 5.41) is 7.22. The van der Waals surface area contributed by atoms with Crippen LogP contribution in [0.25, 0.3) is 0 Å². The zero-order valence-electron chi connectivity index (χ0n) is 11.1. The van der Waals surface area contributed by atoms with E-state index in [1.165, 1.54) is 19.5 Å². The third kappa shape index (κ3) is 3.50. The third-order valence-electron chi connectivity index (χ3n) is 2.68. The van der Waals surface area contributed by atoms with Crippen LogP contribution in [0.2, 0.25) is 0 Å². The molecular formula is C13H12N4O4. The molecule has 0 fully saturated rings. The first-order chi connectivity index (χ1) is 10.1. The first kappa shape index (κ1) is 14.4. The molecular weight excluding hydrogens is 276 g/mol. The number of amides is 2. The van der Waals surface area contributed by atoms with Crippen molar-refractivity contribution in [2.24, 2.45) is 16.1 Å². The molecule has 0 radical (unpaired) electrons. The van der Waals surface area contributed by atoms with Gasteiger partial charge in [0, 0.05) is 6.21 Å². The van der Waals surface area contributed by atoms with E-state index in [4.69, 9.17) is 0 Å². The molecule has 1 aromatic rings. The molecule has 0 spiro atoms. The van der Waals surface area contributed by atoms with Gasteiger partial charge in [0.25, 0.3) is 11.8 Å². The van der Waals surface area contributed by atoms with E-state index in [0.717, 1.165) is 0 Å².